The Morgan fingerprint density at radius 2 is 2.39 bits per heavy atom. The molecule has 7 nitrogen and oxygen atoms in total. The van der Waals surface area contributed by atoms with E-state index in [1.165, 1.54) is 29.1 Å². The van der Waals surface area contributed by atoms with Gasteiger partial charge in [0.1, 0.15) is 0 Å². The van der Waals surface area contributed by atoms with Crippen LogP contribution in [0.5, 0.6) is 0 Å². The molecule has 0 saturated heterocycles. The van der Waals surface area contributed by atoms with Crippen LogP contribution in [0.1, 0.15) is 0 Å². The minimum atomic E-state index is -0.676. The Hall–Kier alpha value is -1.61. The Morgan fingerprint density at radius 3 is 3.06 bits per heavy atom. The molecule has 0 fully saturated rings. The number of aldehydes is 1. The molecular weight excluding hydrogens is 278 g/mol. The molecule has 0 unspecified atom stereocenters. The van der Waals surface area contributed by atoms with Crippen molar-refractivity contribution < 1.29 is 14.5 Å². The van der Waals surface area contributed by atoms with Crippen molar-refractivity contribution in [2.24, 2.45) is 0 Å². The molecule has 1 N–H and O–H groups in total. The first-order valence-corrected chi connectivity index (χ1v) is 7.09. The van der Waals surface area contributed by atoms with Gasteiger partial charge in [-0.2, -0.15) is 0 Å². The zero-order valence-corrected chi connectivity index (χ0v) is 10.7. The number of nitrogens with zero attached hydrogens (tertiary/aromatic N) is 2. The van der Waals surface area contributed by atoms with Gasteiger partial charge in [-0.1, -0.05) is 10.8 Å². The summed E-state index contributed by atoms with van der Waals surface area (Å²) in [6.07, 6.45) is 1.67. The van der Waals surface area contributed by atoms with Gasteiger partial charge in [0, 0.05) is 24.6 Å². The summed E-state index contributed by atoms with van der Waals surface area (Å²) >= 11 is 0. The maximum atomic E-state index is 10.7. The zero-order chi connectivity index (χ0) is 13.4. The van der Waals surface area contributed by atoms with Crippen LogP contribution in [0.2, 0.25) is 0 Å². The number of amides is 1. The van der Waals surface area contributed by atoms with Gasteiger partial charge >= 0.3 is 5.69 Å². The lowest BCUT2D eigenvalue weighted by Gasteiger charge is -2.01. The predicted octanol–water partition coefficient (Wildman–Crippen LogP) is 1.05. The first kappa shape index (κ1) is 14.5. The molecule has 1 aromatic heterocycles. The van der Waals surface area contributed by atoms with E-state index >= 15 is 0 Å². The molecular formula is C9H9N3O4S2. The minimum absolute atomic E-state index is 0.0491. The molecule has 18 heavy (non-hydrogen) atoms. The van der Waals surface area contributed by atoms with Crippen LogP contribution >= 0.6 is 21.6 Å². The first-order valence-electron chi connectivity index (χ1n) is 4.77. The Balaban J connectivity index is 2.37. The number of rotatable bonds is 7. The summed E-state index contributed by atoms with van der Waals surface area (Å²) in [5, 5.41) is 13.4. The Morgan fingerprint density at radius 1 is 1.61 bits per heavy atom. The van der Waals surface area contributed by atoms with Crippen molar-refractivity contribution in [3.63, 3.8) is 0 Å². The van der Waals surface area contributed by atoms with Crippen LogP contribution in [0, 0.1) is 10.1 Å². The van der Waals surface area contributed by atoms with E-state index in [4.69, 9.17) is 0 Å². The van der Waals surface area contributed by atoms with Crippen molar-refractivity contribution in [1.82, 2.24) is 10.3 Å². The van der Waals surface area contributed by atoms with Crippen molar-refractivity contribution in [3.05, 3.63) is 28.4 Å². The Kier molecular flexibility index (Phi) is 6.15. The molecule has 0 aromatic carbocycles. The van der Waals surface area contributed by atoms with Gasteiger partial charge in [-0.25, -0.2) is 4.98 Å². The van der Waals surface area contributed by atoms with Crippen molar-refractivity contribution in [3.8, 4) is 0 Å². The molecule has 1 aromatic rings. The Labute approximate surface area is 110 Å². The number of carbonyl (C=O) groups is 2. The molecule has 0 aliphatic rings. The van der Waals surface area contributed by atoms with E-state index in [1.807, 2.05) is 0 Å². The molecule has 0 bridgehead atoms. The zero-order valence-electron chi connectivity index (χ0n) is 9.07. The number of hydrogen-bond donors (Lipinski definition) is 1. The minimum Gasteiger partial charge on any atom is -0.349 e. The van der Waals surface area contributed by atoms with Gasteiger partial charge in [0.2, 0.25) is 6.29 Å². The number of hydrogen-bond acceptors (Lipinski definition) is 7. The smallest absolute Gasteiger partial charge is 0.302 e. The fourth-order valence-electron chi connectivity index (χ4n) is 0.941. The molecule has 0 radical (unpaired) electrons. The van der Waals surface area contributed by atoms with Crippen LogP contribution in [0.25, 0.3) is 0 Å². The van der Waals surface area contributed by atoms with E-state index in [-0.39, 0.29) is 12.0 Å². The monoisotopic (exact) mass is 287 g/mol. The summed E-state index contributed by atoms with van der Waals surface area (Å²) in [4.78, 5) is 34.7. The van der Waals surface area contributed by atoms with E-state index in [1.54, 1.807) is 0 Å². The van der Waals surface area contributed by atoms with Gasteiger partial charge < -0.3 is 5.32 Å². The second-order valence-electron chi connectivity index (χ2n) is 2.90. The molecule has 0 saturated carbocycles. The number of nitro groups is 1. The fourth-order valence-corrected chi connectivity index (χ4v) is 2.87. The summed E-state index contributed by atoms with van der Waals surface area (Å²) in [5.74, 6) is -0.165. The van der Waals surface area contributed by atoms with Crippen LogP contribution < -0.4 is 5.32 Å². The number of nitrogens with one attached hydrogen (secondary N) is 1. The van der Waals surface area contributed by atoms with Crippen LogP contribution in [0.15, 0.2) is 23.4 Å². The summed E-state index contributed by atoms with van der Waals surface area (Å²) in [6, 6.07) is 2.88. The summed E-state index contributed by atoms with van der Waals surface area (Å²) < 4.78 is 0. The van der Waals surface area contributed by atoms with Crippen molar-refractivity contribution in [1.29, 1.82) is 0 Å². The van der Waals surface area contributed by atoms with Crippen molar-refractivity contribution >= 4 is 39.5 Å². The van der Waals surface area contributed by atoms with E-state index < -0.39 is 10.8 Å². The second kappa shape index (κ2) is 7.67. The van der Waals surface area contributed by atoms with Gasteiger partial charge in [-0.3, -0.25) is 19.7 Å². The third-order valence-corrected chi connectivity index (χ3v) is 3.97. The molecule has 1 amide bonds. The summed E-state index contributed by atoms with van der Waals surface area (Å²) in [6.45, 7) is 0.315. The SMILES string of the molecule is O=CC(=O)NCCSSc1ncccc1[N+](=O)[O-]. The fraction of sp³-hybridized carbons (Fsp3) is 0.222. The largest absolute Gasteiger partial charge is 0.349 e. The molecule has 96 valence electrons. The lowest BCUT2D eigenvalue weighted by molar-refractivity contribution is -0.388. The van der Waals surface area contributed by atoms with Crippen LogP contribution in [-0.2, 0) is 9.59 Å². The quantitative estimate of drug-likeness (QED) is 0.200. The topological polar surface area (TPSA) is 102 Å². The first-order chi connectivity index (χ1) is 8.65. The second-order valence-corrected chi connectivity index (χ2v) is 5.30. The maximum absolute atomic E-state index is 10.7. The van der Waals surface area contributed by atoms with Gasteiger partial charge in [0.25, 0.3) is 5.91 Å². The van der Waals surface area contributed by atoms with Crippen LogP contribution in [-0.4, -0.2) is 34.4 Å². The third kappa shape index (κ3) is 4.72. The molecule has 1 heterocycles. The van der Waals surface area contributed by atoms with Gasteiger partial charge in [0.05, 0.1) is 4.92 Å². The van der Waals surface area contributed by atoms with E-state index in [9.17, 15) is 19.7 Å². The molecule has 0 aliphatic carbocycles. The van der Waals surface area contributed by atoms with Gasteiger partial charge in [0.15, 0.2) is 5.03 Å². The average Bonchev–Trinajstić information content (AvgIpc) is 2.38. The third-order valence-electron chi connectivity index (χ3n) is 1.68. The van der Waals surface area contributed by atoms with E-state index in [0.29, 0.717) is 17.3 Å². The predicted molar refractivity (Wildman–Crippen MR) is 68.3 cm³/mol. The number of pyridine rings is 1. The lowest BCUT2D eigenvalue weighted by Crippen LogP contribution is -2.26. The molecule has 0 aliphatic heterocycles. The highest BCUT2D eigenvalue weighted by atomic mass is 33.1. The molecule has 0 spiro atoms. The van der Waals surface area contributed by atoms with Crippen molar-refractivity contribution in [2.75, 3.05) is 12.3 Å². The highest BCUT2D eigenvalue weighted by molar-refractivity contribution is 8.76. The van der Waals surface area contributed by atoms with Crippen LogP contribution in [0.3, 0.4) is 0 Å². The Bertz CT molecular complexity index is 455. The highest BCUT2D eigenvalue weighted by Crippen LogP contribution is 2.34. The maximum Gasteiger partial charge on any atom is 0.302 e. The lowest BCUT2D eigenvalue weighted by atomic mass is 10.4. The van der Waals surface area contributed by atoms with Crippen molar-refractivity contribution in [2.45, 2.75) is 5.03 Å². The number of carbonyl (C=O) groups excluding carboxylic acids is 2. The molecule has 1 rings (SSSR count). The average molecular weight is 287 g/mol. The standard InChI is InChI=1S/C9H9N3O4S2/c13-6-8(14)10-4-5-17-18-9-7(12(15)16)2-1-3-11-9/h1-3,6H,4-5H2,(H,10,14). The van der Waals surface area contributed by atoms with E-state index in [0.717, 1.165) is 10.8 Å². The molecule has 9 heteroatoms. The number of aromatic nitrogens is 1. The van der Waals surface area contributed by atoms with E-state index in [2.05, 4.69) is 10.3 Å². The van der Waals surface area contributed by atoms with Gasteiger partial charge in [-0.05, 0) is 16.9 Å². The highest BCUT2D eigenvalue weighted by Gasteiger charge is 2.14. The van der Waals surface area contributed by atoms with Crippen LogP contribution in [0.4, 0.5) is 5.69 Å². The normalized spacial score (nSPS) is 9.78. The van der Waals surface area contributed by atoms with Gasteiger partial charge in [-0.15, -0.1) is 0 Å². The summed E-state index contributed by atoms with van der Waals surface area (Å²) in [5.41, 5.74) is -0.0491. The summed E-state index contributed by atoms with van der Waals surface area (Å²) in [7, 11) is 2.47. The molecule has 0 atom stereocenters.